The fourth-order valence-electron chi connectivity index (χ4n) is 1.83. The number of hydrogen-bond acceptors (Lipinski definition) is 4. The van der Waals surface area contributed by atoms with Crippen LogP contribution in [0.2, 0.25) is 0 Å². The van der Waals surface area contributed by atoms with Crippen molar-refractivity contribution < 1.29 is 9.15 Å². The van der Waals surface area contributed by atoms with Crippen LogP contribution in [0.15, 0.2) is 28.0 Å². The molecule has 92 valence electrons. The summed E-state index contributed by atoms with van der Waals surface area (Å²) in [7, 11) is 3.62. The first kappa shape index (κ1) is 12.2. The van der Waals surface area contributed by atoms with Gasteiger partial charge in [-0.25, -0.2) is 0 Å². The average molecular weight is 251 g/mol. The molecular weight excluding hydrogens is 234 g/mol. The molecule has 1 unspecified atom stereocenters. The highest BCUT2D eigenvalue weighted by atomic mass is 32.1. The van der Waals surface area contributed by atoms with Crippen LogP contribution in [0.4, 0.5) is 0 Å². The van der Waals surface area contributed by atoms with Gasteiger partial charge in [-0.2, -0.15) is 0 Å². The van der Waals surface area contributed by atoms with Crippen LogP contribution in [0, 0.1) is 0 Å². The van der Waals surface area contributed by atoms with Gasteiger partial charge in [-0.15, -0.1) is 11.3 Å². The molecule has 0 bridgehead atoms. The standard InChI is InChI=1S/C13H17NO2S/c1-4-9-5-6-10(16-9)12(14-2)13-11(15-3)7-8-17-13/h5-8,12,14H,4H2,1-3H3. The lowest BCUT2D eigenvalue weighted by atomic mass is 10.2. The maximum atomic E-state index is 5.80. The molecule has 0 aliphatic rings. The molecule has 0 aliphatic carbocycles. The molecule has 4 heteroatoms. The zero-order valence-corrected chi connectivity index (χ0v) is 11.1. The smallest absolute Gasteiger partial charge is 0.134 e. The first-order chi connectivity index (χ1) is 8.30. The Morgan fingerprint density at radius 2 is 2.24 bits per heavy atom. The predicted molar refractivity (Wildman–Crippen MR) is 69.9 cm³/mol. The number of methoxy groups -OCH3 is 1. The van der Waals surface area contributed by atoms with Gasteiger partial charge in [-0.3, -0.25) is 0 Å². The van der Waals surface area contributed by atoms with Crippen LogP contribution in [0.3, 0.4) is 0 Å². The molecule has 17 heavy (non-hydrogen) atoms. The average Bonchev–Trinajstić information content (AvgIpc) is 2.99. The van der Waals surface area contributed by atoms with E-state index in [2.05, 4.69) is 12.2 Å². The van der Waals surface area contributed by atoms with Crippen molar-refractivity contribution in [3.63, 3.8) is 0 Å². The van der Waals surface area contributed by atoms with E-state index in [1.807, 2.05) is 30.6 Å². The van der Waals surface area contributed by atoms with Gasteiger partial charge in [0.2, 0.25) is 0 Å². The summed E-state index contributed by atoms with van der Waals surface area (Å²) >= 11 is 1.67. The minimum absolute atomic E-state index is 0.0604. The summed E-state index contributed by atoms with van der Waals surface area (Å²) in [6.07, 6.45) is 0.915. The van der Waals surface area contributed by atoms with Crippen LogP contribution in [-0.4, -0.2) is 14.2 Å². The van der Waals surface area contributed by atoms with Gasteiger partial charge >= 0.3 is 0 Å². The molecule has 0 radical (unpaired) electrons. The van der Waals surface area contributed by atoms with Gasteiger partial charge in [-0.05, 0) is 30.6 Å². The highest BCUT2D eigenvalue weighted by molar-refractivity contribution is 7.10. The molecule has 0 aliphatic heterocycles. The van der Waals surface area contributed by atoms with Crippen LogP contribution < -0.4 is 10.1 Å². The number of nitrogens with one attached hydrogen (secondary N) is 1. The molecule has 0 saturated carbocycles. The summed E-state index contributed by atoms with van der Waals surface area (Å²) < 4.78 is 11.1. The van der Waals surface area contributed by atoms with Gasteiger partial charge in [0, 0.05) is 6.42 Å². The first-order valence-electron chi connectivity index (χ1n) is 5.67. The SMILES string of the molecule is CCc1ccc(C(NC)c2sccc2OC)o1. The Morgan fingerprint density at radius 1 is 1.41 bits per heavy atom. The maximum Gasteiger partial charge on any atom is 0.134 e. The molecular formula is C13H17NO2S. The van der Waals surface area contributed by atoms with E-state index in [1.165, 1.54) is 0 Å². The van der Waals surface area contributed by atoms with Crippen molar-refractivity contribution in [3.8, 4) is 5.75 Å². The molecule has 3 nitrogen and oxygen atoms in total. The van der Waals surface area contributed by atoms with E-state index >= 15 is 0 Å². The number of thiophene rings is 1. The Hall–Kier alpha value is -1.26. The van der Waals surface area contributed by atoms with Crippen LogP contribution in [0.1, 0.15) is 29.4 Å². The van der Waals surface area contributed by atoms with E-state index < -0.39 is 0 Å². The summed E-state index contributed by atoms with van der Waals surface area (Å²) in [6, 6.07) is 6.10. The van der Waals surface area contributed by atoms with Gasteiger partial charge in [0.25, 0.3) is 0 Å². The minimum atomic E-state index is 0.0604. The molecule has 1 atom stereocenters. The van der Waals surface area contributed by atoms with Crippen molar-refractivity contribution in [2.75, 3.05) is 14.2 Å². The minimum Gasteiger partial charge on any atom is -0.496 e. The monoisotopic (exact) mass is 251 g/mol. The molecule has 2 aromatic heterocycles. The molecule has 0 aromatic carbocycles. The van der Waals surface area contributed by atoms with E-state index in [9.17, 15) is 0 Å². The van der Waals surface area contributed by atoms with E-state index in [-0.39, 0.29) is 6.04 Å². The normalized spacial score (nSPS) is 12.6. The van der Waals surface area contributed by atoms with E-state index in [0.717, 1.165) is 28.6 Å². The number of rotatable bonds is 5. The van der Waals surface area contributed by atoms with Crippen molar-refractivity contribution in [3.05, 3.63) is 40.0 Å². The Kier molecular flexibility index (Phi) is 3.86. The second-order valence-corrected chi connectivity index (χ2v) is 4.68. The second-order valence-electron chi connectivity index (χ2n) is 3.73. The Bertz CT molecular complexity index is 475. The highest BCUT2D eigenvalue weighted by Gasteiger charge is 2.20. The van der Waals surface area contributed by atoms with Gasteiger partial charge in [0.1, 0.15) is 23.3 Å². The lowest BCUT2D eigenvalue weighted by Crippen LogP contribution is -2.16. The number of furan rings is 1. The van der Waals surface area contributed by atoms with E-state index in [4.69, 9.17) is 9.15 Å². The fourth-order valence-corrected chi connectivity index (χ4v) is 2.81. The molecule has 2 heterocycles. The van der Waals surface area contributed by atoms with Crippen molar-refractivity contribution in [2.24, 2.45) is 0 Å². The maximum absolute atomic E-state index is 5.80. The van der Waals surface area contributed by atoms with E-state index in [0.29, 0.717) is 0 Å². The predicted octanol–water partition coefficient (Wildman–Crippen LogP) is 3.22. The largest absolute Gasteiger partial charge is 0.496 e. The zero-order chi connectivity index (χ0) is 12.3. The van der Waals surface area contributed by atoms with Gasteiger partial charge in [0.05, 0.1) is 12.0 Å². The molecule has 1 N–H and O–H groups in total. The molecule has 0 amide bonds. The van der Waals surface area contributed by atoms with Crippen LogP contribution in [0.25, 0.3) is 0 Å². The van der Waals surface area contributed by atoms with E-state index in [1.54, 1.807) is 18.4 Å². The third-order valence-corrected chi connectivity index (χ3v) is 3.71. The summed E-state index contributed by atoms with van der Waals surface area (Å²) in [4.78, 5) is 1.15. The quantitative estimate of drug-likeness (QED) is 0.886. The molecule has 2 aromatic rings. The summed E-state index contributed by atoms with van der Waals surface area (Å²) in [5.41, 5.74) is 0. The highest BCUT2D eigenvalue weighted by Crippen LogP contribution is 2.35. The summed E-state index contributed by atoms with van der Waals surface area (Å²) in [5, 5.41) is 5.30. The van der Waals surface area contributed by atoms with Crippen molar-refractivity contribution in [1.82, 2.24) is 5.32 Å². The Morgan fingerprint density at radius 3 is 2.82 bits per heavy atom. The third-order valence-electron chi connectivity index (χ3n) is 2.74. The van der Waals surface area contributed by atoms with Gasteiger partial charge < -0.3 is 14.5 Å². The topological polar surface area (TPSA) is 34.4 Å². The second kappa shape index (κ2) is 5.38. The third kappa shape index (κ3) is 2.37. The molecule has 0 fully saturated rings. The lowest BCUT2D eigenvalue weighted by molar-refractivity contribution is 0.396. The Balaban J connectivity index is 2.33. The summed E-state index contributed by atoms with van der Waals surface area (Å²) in [5.74, 6) is 2.85. The number of hydrogen-bond donors (Lipinski definition) is 1. The lowest BCUT2D eigenvalue weighted by Gasteiger charge is -2.13. The molecule has 2 rings (SSSR count). The summed E-state index contributed by atoms with van der Waals surface area (Å²) in [6.45, 7) is 2.09. The van der Waals surface area contributed by atoms with Gasteiger partial charge in [-0.1, -0.05) is 6.92 Å². The molecule has 0 saturated heterocycles. The fraction of sp³-hybridized carbons (Fsp3) is 0.385. The van der Waals surface area contributed by atoms with Crippen LogP contribution in [-0.2, 0) is 6.42 Å². The van der Waals surface area contributed by atoms with Crippen LogP contribution in [0.5, 0.6) is 5.75 Å². The first-order valence-corrected chi connectivity index (χ1v) is 6.55. The number of aryl methyl sites for hydroxylation is 1. The van der Waals surface area contributed by atoms with Crippen molar-refractivity contribution in [1.29, 1.82) is 0 Å². The van der Waals surface area contributed by atoms with Crippen molar-refractivity contribution >= 4 is 11.3 Å². The molecule has 0 spiro atoms. The zero-order valence-electron chi connectivity index (χ0n) is 10.3. The number of ether oxygens (including phenoxy) is 1. The van der Waals surface area contributed by atoms with Gasteiger partial charge in [0.15, 0.2) is 0 Å². The van der Waals surface area contributed by atoms with Crippen LogP contribution >= 0.6 is 11.3 Å². The Labute approximate surface area is 105 Å². The van der Waals surface area contributed by atoms with Crippen molar-refractivity contribution in [2.45, 2.75) is 19.4 Å².